The molecule has 0 saturated carbocycles. The Hall–Kier alpha value is -2.46. The van der Waals surface area contributed by atoms with E-state index in [2.05, 4.69) is 10.3 Å². The van der Waals surface area contributed by atoms with Crippen LogP contribution in [0.3, 0.4) is 0 Å². The van der Waals surface area contributed by atoms with E-state index in [0.717, 1.165) is 23.9 Å². The first-order valence-corrected chi connectivity index (χ1v) is 7.27. The molecule has 1 aromatic carbocycles. The third kappa shape index (κ3) is 4.27. The molecule has 0 aliphatic rings. The number of pyridine rings is 1. The van der Waals surface area contributed by atoms with Gasteiger partial charge < -0.3 is 5.32 Å². The van der Waals surface area contributed by atoms with Gasteiger partial charge in [-0.3, -0.25) is 4.79 Å². The second kappa shape index (κ2) is 7.52. The fourth-order valence-electron chi connectivity index (χ4n) is 1.63. The van der Waals surface area contributed by atoms with Crippen LogP contribution in [0.2, 0.25) is 0 Å². The van der Waals surface area contributed by atoms with Crippen molar-refractivity contribution >= 4 is 17.7 Å². The van der Waals surface area contributed by atoms with Gasteiger partial charge in [-0.25, -0.2) is 13.8 Å². The molecule has 0 unspecified atom stereocenters. The van der Waals surface area contributed by atoms with Gasteiger partial charge in [-0.2, -0.15) is 5.26 Å². The van der Waals surface area contributed by atoms with Crippen molar-refractivity contribution in [3.8, 4) is 6.07 Å². The normalized spacial score (nSPS) is 10.0. The maximum absolute atomic E-state index is 13.4. The van der Waals surface area contributed by atoms with E-state index in [0.29, 0.717) is 10.6 Å². The molecule has 112 valence electrons. The molecule has 0 radical (unpaired) electrons. The number of rotatable bonds is 5. The highest BCUT2D eigenvalue weighted by Gasteiger charge is 2.09. The van der Waals surface area contributed by atoms with Crippen molar-refractivity contribution < 1.29 is 13.6 Å². The quantitative estimate of drug-likeness (QED) is 0.861. The van der Waals surface area contributed by atoms with Crippen molar-refractivity contribution in [2.24, 2.45) is 0 Å². The zero-order valence-corrected chi connectivity index (χ0v) is 12.2. The van der Waals surface area contributed by atoms with Crippen LogP contribution in [0, 0.1) is 23.0 Å². The molecule has 2 rings (SSSR count). The molecule has 0 spiro atoms. The summed E-state index contributed by atoms with van der Waals surface area (Å²) in [6.45, 7) is -0.0289. The summed E-state index contributed by atoms with van der Waals surface area (Å²) in [7, 11) is 0. The summed E-state index contributed by atoms with van der Waals surface area (Å²) in [6.07, 6.45) is 1.54. The second-order valence-electron chi connectivity index (χ2n) is 4.27. The topological polar surface area (TPSA) is 65.8 Å². The minimum atomic E-state index is -0.704. The van der Waals surface area contributed by atoms with Crippen LogP contribution in [0.25, 0.3) is 0 Å². The minimum Gasteiger partial charge on any atom is -0.351 e. The number of aromatic nitrogens is 1. The number of halogens is 2. The fourth-order valence-corrected chi connectivity index (χ4v) is 2.41. The van der Waals surface area contributed by atoms with Gasteiger partial charge in [0.2, 0.25) is 5.91 Å². The maximum atomic E-state index is 13.4. The van der Waals surface area contributed by atoms with Gasteiger partial charge in [0, 0.05) is 24.4 Å². The van der Waals surface area contributed by atoms with Crippen LogP contribution < -0.4 is 5.32 Å². The predicted molar refractivity (Wildman–Crippen MR) is 77.9 cm³/mol. The molecule has 0 saturated heterocycles. The van der Waals surface area contributed by atoms with Gasteiger partial charge in [0.15, 0.2) is 0 Å². The van der Waals surface area contributed by atoms with E-state index in [4.69, 9.17) is 5.26 Å². The third-order valence-electron chi connectivity index (χ3n) is 2.72. The van der Waals surface area contributed by atoms with Crippen LogP contribution >= 0.6 is 11.8 Å². The van der Waals surface area contributed by atoms with Crippen LogP contribution in [-0.2, 0) is 11.3 Å². The lowest BCUT2D eigenvalue weighted by Gasteiger charge is -2.06. The summed E-state index contributed by atoms with van der Waals surface area (Å²) < 4.78 is 26.2. The average Bonchev–Trinajstić information content (AvgIpc) is 2.52. The highest BCUT2D eigenvalue weighted by atomic mass is 32.2. The van der Waals surface area contributed by atoms with Crippen LogP contribution in [-0.4, -0.2) is 16.6 Å². The number of nitrogens with one attached hydrogen (secondary N) is 1. The van der Waals surface area contributed by atoms with Crippen LogP contribution in [0.15, 0.2) is 41.6 Å². The number of hydrogen-bond acceptors (Lipinski definition) is 4. The Morgan fingerprint density at radius 2 is 2.18 bits per heavy atom. The van der Waals surface area contributed by atoms with Gasteiger partial charge in [0.05, 0.1) is 11.3 Å². The molecule has 2 aromatic rings. The van der Waals surface area contributed by atoms with Crippen molar-refractivity contribution in [2.45, 2.75) is 11.6 Å². The summed E-state index contributed by atoms with van der Waals surface area (Å²) in [6, 6.07) is 8.42. The lowest BCUT2D eigenvalue weighted by Crippen LogP contribution is -2.25. The van der Waals surface area contributed by atoms with Gasteiger partial charge in [-0.15, -0.1) is 0 Å². The molecule has 1 heterocycles. The van der Waals surface area contributed by atoms with Crippen molar-refractivity contribution in [3.63, 3.8) is 0 Å². The smallest absolute Gasteiger partial charge is 0.230 e. The van der Waals surface area contributed by atoms with E-state index < -0.39 is 11.6 Å². The first-order chi connectivity index (χ1) is 10.6. The Labute approximate surface area is 130 Å². The molecule has 7 heteroatoms. The summed E-state index contributed by atoms with van der Waals surface area (Å²) in [5, 5.41) is 11.9. The van der Waals surface area contributed by atoms with Crippen LogP contribution in [0.1, 0.15) is 11.1 Å². The summed E-state index contributed by atoms with van der Waals surface area (Å²) in [4.78, 5) is 15.8. The zero-order valence-electron chi connectivity index (χ0n) is 11.3. The van der Waals surface area contributed by atoms with Gasteiger partial charge in [-0.05, 0) is 18.2 Å². The number of carbonyl (C=O) groups excluding carboxylic acids is 1. The lowest BCUT2D eigenvalue weighted by molar-refractivity contribution is -0.118. The molecule has 1 N–H and O–H groups in total. The monoisotopic (exact) mass is 319 g/mol. The molecular weight excluding hydrogens is 308 g/mol. The van der Waals surface area contributed by atoms with E-state index in [1.54, 1.807) is 12.1 Å². The van der Waals surface area contributed by atoms with Crippen molar-refractivity contribution in [1.29, 1.82) is 5.26 Å². The molecule has 0 atom stereocenters. The summed E-state index contributed by atoms with van der Waals surface area (Å²) >= 11 is 1.12. The van der Waals surface area contributed by atoms with E-state index in [1.165, 1.54) is 12.3 Å². The molecule has 22 heavy (non-hydrogen) atoms. The second-order valence-corrected chi connectivity index (χ2v) is 5.23. The number of nitrogens with zero attached hydrogens (tertiary/aromatic N) is 2. The van der Waals surface area contributed by atoms with Gasteiger partial charge in [0.1, 0.15) is 22.7 Å². The number of amides is 1. The summed E-state index contributed by atoms with van der Waals surface area (Å²) in [5.74, 6) is -1.65. The number of thioether (sulfide) groups is 1. The molecule has 4 nitrogen and oxygen atoms in total. The first-order valence-electron chi connectivity index (χ1n) is 6.28. The largest absolute Gasteiger partial charge is 0.351 e. The molecule has 0 fully saturated rings. The number of nitriles is 1. The van der Waals surface area contributed by atoms with Gasteiger partial charge in [-0.1, -0.05) is 17.8 Å². The van der Waals surface area contributed by atoms with Crippen molar-refractivity contribution in [1.82, 2.24) is 10.3 Å². The Morgan fingerprint density at radius 1 is 1.36 bits per heavy atom. The van der Waals surface area contributed by atoms with E-state index in [-0.39, 0.29) is 23.8 Å². The minimum absolute atomic E-state index is 0.0289. The average molecular weight is 319 g/mol. The molecule has 1 aromatic heterocycles. The molecule has 0 aliphatic carbocycles. The van der Waals surface area contributed by atoms with E-state index >= 15 is 0 Å². The van der Waals surface area contributed by atoms with Crippen LogP contribution in [0.5, 0.6) is 0 Å². The number of hydrogen-bond donors (Lipinski definition) is 1. The van der Waals surface area contributed by atoms with Crippen molar-refractivity contribution in [2.75, 3.05) is 5.75 Å². The summed E-state index contributed by atoms with van der Waals surface area (Å²) in [5.41, 5.74) is 0.597. The van der Waals surface area contributed by atoms with Crippen molar-refractivity contribution in [3.05, 3.63) is 59.3 Å². The van der Waals surface area contributed by atoms with Gasteiger partial charge in [0.25, 0.3) is 0 Å². The SMILES string of the molecule is N#Cc1cccnc1SCC(=O)NCc1ccc(F)cc1F. The maximum Gasteiger partial charge on any atom is 0.230 e. The number of carbonyl (C=O) groups is 1. The van der Waals surface area contributed by atoms with Crippen LogP contribution in [0.4, 0.5) is 8.78 Å². The molecule has 0 bridgehead atoms. The Balaban J connectivity index is 1.87. The predicted octanol–water partition coefficient (Wildman–Crippen LogP) is 2.64. The Morgan fingerprint density at radius 3 is 2.91 bits per heavy atom. The molecule has 0 aliphatic heterocycles. The lowest BCUT2D eigenvalue weighted by atomic mass is 10.2. The molecular formula is C15H11F2N3OS. The first kappa shape index (κ1) is 15.9. The zero-order chi connectivity index (χ0) is 15.9. The van der Waals surface area contributed by atoms with Gasteiger partial charge >= 0.3 is 0 Å². The Bertz CT molecular complexity index is 731. The highest BCUT2D eigenvalue weighted by Crippen LogP contribution is 2.18. The third-order valence-corrected chi connectivity index (χ3v) is 3.73. The molecule has 1 amide bonds. The number of benzene rings is 1. The Kier molecular flexibility index (Phi) is 5.44. The van der Waals surface area contributed by atoms with E-state index in [1.807, 2.05) is 6.07 Å². The van der Waals surface area contributed by atoms with E-state index in [9.17, 15) is 13.6 Å². The standard InChI is InChI=1S/C15H11F2N3OS/c16-12-4-3-11(13(17)6-12)8-20-14(21)9-22-15-10(7-18)2-1-5-19-15/h1-6H,8-9H2,(H,20,21). The fraction of sp³-hybridized carbons (Fsp3) is 0.133. The highest BCUT2D eigenvalue weighted by molar-refractivity contribution is 7.99.